The summed E-state index contributed by atoms with van der Waals surface area (Å²) in [5, 5.41) is 16.8. The highest BCUT2D eigenvalue weighted by atomic mass is 32.2. The molecular weight excluding hydrogens is 302 g/mol. The van der Waals surface area contributed by atoms with Gasteiger partial charge < -0.3 is 4.74 Å². The second-order valence-corrected chi connectivity index (χ2v) is 5.58. The predicted molar refractivity (Wildman–Crippen MR) is 70.1 cm³/mol. The molecule has 0 spiro atoms. The second-order valence-electron chi connectivity index (χ2n) is 3.85. The zero-order valence-corrected chi connectivity index (χ0v) is 11.6. The Bertz CT molecular complexity index is 743. The van der Waals surface area contributed by atoms with E-state index in [9.17, 15) is 18.5 Å². The maximum absolute atomic E-state index is 12.2. The smallest absolute Gasteiger partial charge is 0.273 e. The van der Waals surface area contributed by atoms with Crippen LogP contribution in [-0.4, -0.2) is 35.6 Å². The van der Waals surface area contributed by atoms with E-state index >= 15 is 0 Å². The minimum Gasteiger partial charge on any atom is -0.495 e. The van der Waals surface area contributed by atoms with Crippen molar-refractivity contribution in [2.45, 2.75) is 11.4 Å². The van der Waals surface area contributed by atoms with Crippen molar-refractivity contribution in [3.8, 4) is 5.75 Å². The highest BCUT2D eigenvalue weighted by molar-refractivity contribution is 7.89. The molecule has 2 aromatic rings. The lowest BCUT2D eigenvalue weighted by Gasteiger charge is -2.09. The number of aromatic amines is 1. The SMILES string of the molecule is COc1cc([N+](=O)[O-])ccc1S(=O)(=O)NCc1ncn[nH]1. The van der Waals surface area contributed by atoms with Crippen LogP contribution in [0.2, 0.25) is 0 Å². The number of H-pyrrole nitrogens is 1. The van der Waals surface area contributed by atoms with Crippen molar-refractivity contribution >= 4 is 15.7 Å². The van der Waals surface area contributed by atoms with Crippen LogP contribution in [0.25, 0.3) is 0 Å². The van der Waals surface area contributed by atoms with Crippen LogP contribution in [0.5, 0.6) is 5.75 Å². The van der Waals surface area contributed by atoms with Gasteiger partial charge in [-0.3, -0.25) is 15.2 Å². The topological polar surface area (TPSA) is 140 Å². The van der Waals surface area contributed by atoms with Crippen LogP contribution in [0.3, 0.4) is 0 Å². The van der Waals surface area contributed by atoms with Gasteiger partial charge in [-0.15, -0.1) is 0 Å². The molecule has 0 saturated carbocycles. The third-order valence-electron chi connectivity index (χ3n) is 2.54. The van der Waals surface area contributed by atoms with Gasteiger partial charge in [0.2, 0.25) is 10.0 Å². The Morgan fingerprint density at radius 1 is 1.48 bits per heavy atom. The zero-order valence-electron chi connectivity index (χ0n) is 10.8. The normalized spacial score (nSPS) is 11.3. The third kappa shape index (κ3) is 3.32. The summed E-state index contributed by atoms with van der Waals surface area (Å²) in [5.74, 6) is 0.216. The molecule has 1 aromatic carbocycles. The number of ether oxygens (including phenoxy) is 1. The zero-order chi connectivity index (χ0) is 15.5. The van der Waals surface area contributed by atoms with Gasteiger partial charge >= 0.3 is 0 Å². The first kappa shape index (κ1) is 14.9. The second kappa shape index (κ2) is 5.85. The summed E-state index contributed by atoms with van der Waals surface area (Å²) in [6, 6.07) is 3.24. The number of aromatic nitrogens is 3. The molecule has 0 saturated heterocycles. The van der Waals surface area contributed by atoms with Crippen molar-refractivity contribution in [2.75, 3.05) is 7.11 Å². The molecule has 0 unspecified atom stereocenters. The number of rotatable bonds is 6. The number of nitrogens with one attached hydrogen (secondary N) is 2. The molecule has 112 valence electrons. The summed E-state index contributed by atoms with van der Waals surface area (Å²) in [5.41, 5.74) is -0.263. The molecule has 10 nitrogen and oxygen atoms in total. The van der Waals surface area contributed by atoms with Gasteiger partial charge in [0, 0.05) is 6.07 Å². The van der Waals surface area contributed by atoms with Gasteiger partial charge in [0.15, 0.2) is 0 Å². The number of nitrogens with zero attached hydrogens (tertiary/aromatic N) is 3. The highest BCUT2D eigenvalue weighted by Gasteiger charge is 2.22. The minimum absolute atomic E-state index is 0.0948. The summed E-state index contributed by atoms with van der Waals surface area (Å²) in [6.45, 7) is -0.0948. The maximum Gasteiger partial charge on any atom is 0.273 e. The minimum atomic E-state index is -3.91. The van der Waals surface area contributed by atoms with Crippen molar-refractivity contribution in [1.29, 1.82) is 0 Å². The maximum atomic E-state index is 12.2. The molecule has 1 aromatic heterocycles. The molecule has 2 rings (SSSR count). The molecule has 1 heterocycles. The Balaban J connectivity index is 2.28. The van der Waals surface area contributed by atoms with Crippen LogP contribution in [0.15, 0.2) is 29.4 Å². The van der Waals surface area contributed by atoms with Gasteiger partial charge in [-0.2, -0.15) is 5.10 Å². The fourth-order valence-corrected chi connectivity index (χ4v) is 2.69. The average Bonchev–Trinajstić information content (AvgIpc) is 2.97. The molecule has 0 amide bonds. The van der Waals surface area contributed by atoms with E-state index in [1.165, 1.54) is 13.4 Å². The lowest BCUT2D eigenvalue weighted by atomic mass is 10.3. The van der Waals surface area contributed by atoms with E-state index in [1.807, 2.05) is 0 Å². The summed E-state index contributed by atoms with van der Waals surface area (Å²) in [7, 11) is -2.68. The Morgan fingerprint density at radius 2 is 2.24 bits per heavy atom. The van der Waals surface area contributed by atoms with E-state index in [1.54, 1.807) is 0 Å². The fourth-order valence-electron chi connectivity index (χ4n) is 1.55. The molecule has 0 aliphatic heterocycles. The summed E-state index contributed by atoms with van der Waals surface area (Å²) in [6.07, 6.45) is 1.25. The Hall–Kier alpha value is -2.53. The number of nitro benzene ring substituents is 1. The van der Waals surface area contributed by atoms with Crippen LogP contribution in [0.1, 0.15) is 5.82 Å². The van der Waals surface area contributed by atoms with Crippen LogP contribution in [0.4, 0.5) is 5.69 Å². The number of non-ortho nitro benzene ring substituents is 1. The van der Waals surface area contributed by atoms with E-state index in [-0.39, 0.29) is 22.9 Å². The quantitative estimate of drug-likeness (QED) is 0.573. The first-order valence-electron chi connectivity index (χ1n) is 5.60. The fraction of sp³-hybridized carbons (Fsp3) is 0.200. The molecule has 0 aliphatic rings. The molecule has 2 N–H and O–H groups in total. The summed E-state index contributed by atoms with van der Waals surface area (Å²) in [4.78, 5) is 13.6. The van der Waals surface area contributed by atoms with E-state index < -0.39 is 14.9 Å². The standard InChI is InChI=1S/C10H11N5O5S/c1-20-8-4-7(15(16)17)2-3-9(8)21(18,19)13-5-10-11-6-12-14-10/h2-4,6,13H,5H2,1H3,(H,11,12,14). The van der Waals surface area contributed by atoms with Crippen LogP contribution < -0.4 is 9.46 Å². The van der Waals surface area contributed by atoms with Gasteiger partial charge in [0.25, 0.3) is 5.69 Å². The van der Waals surface area contributed by atoms with E-state index in [0.29, 0.717) is 5.82 Å². The number of nitro groups is 1. The first-order valence-corrected chi connectivity index (χ1v) is 7.08. The summed E-state index contributed by atoms with van der Waals surface area (Å²) < 4.78 is 31.5. The van der Waals surface area contributed by atoms with Gasteiger partial charge in [0.1, 0.15) is 22.8 Å². The molecule has 21 heavy (non-hydrogen) atoms. The van der Waals surface area contributed by atoms with Crippen molar-refractivity contribution in [3.63, 3.8) is 0 Å². The largest absolute Gasteiger partial charge is 0.495 e. The third-order valence-corrected chi connectivity index (χ3v) is 3.98. The van der Waals surface area contributed by atoms with Gasteiger partial charge in [-0.1, -0.05) is 0 Å². The van der Waals surface area contributed by atoms with Crippen molar-refractivity contribution in [2.24, 2.45) is 0 Å². The molecule has 0 bridgehead atoms. The number of benzene rings is 1. The number of methoxy groups -OCH3 is 1. The molecule has 0 radical (unpaired) electrons. The van der Waals surface area contributed by atoms with Crippen molar-refractivity contribution < 1.29 is 18.1 Å². The Labute approximate surface area is 119 Å². The predicted octanol–water partition coefficient (Wildman–Crippen LogP) is 0.200. The van der Waals surface area contributed by atoms with E-state index in [0.717, 1.165) is 18.2 Å². The Morgan fingerprint density at radius 3 is 2.81 bits per heavy atom. The van der Waals surface area contributed by atoms with Crippen molar-refractivity contribution in [1.82, 2.24) is 19.9 Å². The first-order chi connectivity index (χ1) is 9.94. The van der Waals surface area contributed by atoms with Crippen molar-refractivity contribution in [3.05, 3.63) is 40.5 Å². The lowest BCUT2D eigenvalue weighted by Crippen LogP contribution is -2.24. The van der Waals surface area contributed by atoms with E-state index in [4.69, 9.17) is 4.74 Å². The number of hydrogen-bond acceptors (Lipinski definition) is 7. The Kier molecular flexibility index (Phi) is 4.14. The lowest BCUT2D eigenvalue weighted by molar-refractivity contribution is -0.385. The number of hydrogen-bond donors (Lipinski definition) is 2. The molecule has 0 fully saturated rings. The molecule has 0 aliphatic carbocycles. The highest BCUT2D eigenvalue weighted by Crippen LogP contribution is 2.28. The van der Waals surface area contributed by atoms with Gasteiger partial charge in [-0.05, 0) is 6.07 Å². The molecule has 11 heteroatoms. The molecular formula is C10H11N5O5S. The number of sulfonamides is 1. The summed E-state index contributed by atoms with van der Waals surface area (Å²) >= 11 is 0. The molecule has 0 atom stereocenters. The van der Waals surface area contributed by atoms with Gasteiger partial charge in [-0.25, -0.2) is 18.1 Å². The van der Waals surface area contributed by atoms with Crippen LogP contribution >= 0.6 is 0 Å². The van der Waals surface area contributed by atoms with Gasteiger partial charge in [0.05, 0.1) is 24.6 Å². The average molecular weight is 313 g/mol. The van der Waals surface area contributed by atoms with Crippen LogP contribution in [-0.2, 0) is 16.6 Å². The van der Waals surface area contributed by atoms with E-state index in [2.05, 4.69) is 19.9 Å². The monoisotopic (exact) mass is 313 g/mol. The van der Waals surface area contributed by atoms with Crippen LogP contribution in [0, 0.1) is 10.1 Å².